The van der Waals surface area contributed by atoms with Crippen molar-refractivity contribution in [3.05, 3.63) is 0 Å². The molecule has 0 saturated heterocycles. The zero-order valence-corrected chi connectivity index (χ0v) is 9.94. The van der Waals surface area contributed by atoms with E-state index < -0.39 is 0 Å². The number of aliphatic imine (C=N–C) groups is 1. The van der Waals surface area contributed by atoms with E-state index in [0.29, 0.717) is 6.04 Å². The number of thioether (sulfide) groups is 1. The Morgan fingerprint density at radius 3 is 2.79 bits per heavy atom. The standard InChI is InChI=1S/C11H20N2S/c1-8-4-5-10(9(8)2)13-11-12-6-3-7-14-11/h8-10H,3-7H2,1-2H3,(H,12,13). The quantitative estimate of drug-likeness (QED) is 0.722. The fourth-order valence-electron chi connectivity index (χ4n) is 2.27. The molecule has 0 spiro atoms. The van der Waals surface area contributed by atoms with Gasteiger partial charge >= 0.3 is 0 Å². The molecule has 2 nitrogen and oxygen atoms in total. The Labute approximate surface area is 90.9 Å². The van der Waals surface area contributed by atoms with Crippen LogP contribution in [0.1, 0.15) is 33.1 Å². The Morgan fingerprint density at radius 1 is 1.36 bits per heavy atom. The molecule has 80 valence electrons. The lowest BCUT2D eigenvalue weighted by atomic mass is 9.98. The molecule has 1 heterocycles. The van der Waals surface area contributed by atoms with E-state index >= 15 is 0 Å². The van der Waals surface area contributed by atoms with Gasteiger partial charge in [-0.15, -0.1) is 0 Å². The lowest BCUT2D eigenvalue weighted by Gasteiger charge is -2.22. The van der Waals surface area contributed by atoms with Crippen molar-refractivity contribution in [1.29, 1.82) is 0 Å². The van der Waals surface area contributed by atoms with E-state index in [1.807, 2.05) is 11.8 Å². The number of amidine groups is 1. The van der Waals surface area contributed by atoms with Crippen LogP contribution in [0.3, 0.4) is 0 Å². The van der Waals surface area contributed by atoms with E-state index in [2.05, 4.69) is 24.2 Å². The molecule has 14 heavy (non-hydrogen) atoms. The van der Waals surface area contributed by atoms with E-state index in [4.69, 9.17) is 0 Å². The molecule has 1 N–H and O–H groups in total. The fourth-order valence-corrected chi connectivity index (χ4v) is 3.16. The van der Waals surface area contributed by atoms with Gasteiger partial charge in [0.1, 0.15) is 0 Å². The second-order valence-corrected chi connectivity index (χ2v) is 5.64. The zero-order valence-electron chi connectivity index (χ0n) is 9.12. The SMILES string of the molecule is CC1CCC(NC2=NCCCS2)C1C. The molecule has 1 aliphatic heterocycles. The first kappa shape index (κ1) is 10.3. The van der Waals surface area contributed by atoms with Gasteiger partial charge in [-0.25, -0.2) is 0 Å². The topological polar surface area (TPSA) is 24.4 Å². The van der Waals surface area contributed by atoms with Crippen molar-refractivity contribution >= 4 is 16.9 Å². The summed E-state index contributed by atoms with van der Waals surface area (Å²) in [5.41, 5.74) is 0. The molecule has 1 fully saturated rings. The van der Waals surface area contributed by atoms with Crippen LogP contribution in [0.4, 0.5) is 0 Å². The molecule has 0 aromatic carbocycles. The molecule has 0 bridgehead atoms. The second-order valence-electron chi connectivity index (χ2n) is 4.55. The Bertz CT molecular complexity index is 227. The maximum Gasteiger partial charge on any atom is 0.156 e. The van der Waals surface area contributed by atoms with Crippen LogP contribution < -0.4 is 5.32 Å². The Morgan fingerprint density at radius 2 is 2.21 bits per heavy atom. The predicted octanol–water partition coefficient (Wildman–Crippen LogP) is 2.50. The molecule has 2 aliphatic rings. The highest BCUT2D eigenvalue weighted by Gasteiger charge is 2.30. The summed E-state index contributed by atoms with van der Waals surface area (Å²) < 4.78 is 0. The molecular weight excluding hydrogens is 192 g/mol. The molecule has 3 heteroatoms. The normalized spacial score (nSPS) is 38.1. The Kier molecular flexibility index (Phi) is 3.37. The smallest absolute Gasteiger partial charge is 0.156 e. The second kappa shape index (κ2) is 4.56. The lowest BCUT2D eigenvalue weighted by Crippen LogP contribution is -2.37. The summed E-state index contributed by atoms with van der Waals surface area (Å²) in [4.78, 5) is 4.52. The molecule has 0 amide bonds. The minimum atomic E-state index is 0.675. The number of nitrogens with zero attached hydrogens (tertiary/aromatic N) is 1. The van der Waals surface area contributed by atoms with Crippen LogP contribution in [-0.4, -0.2) is 23.5 Å². The van der Waals surface area contributed by atoms with Gasteiger partial charge in [0, 0.05) is 18.3 Å². The molecule has 0 radical (unpaired) electrons. The van der Waals surface area contributed by atoms with Crippen LogP contribution in [-0.2, 0) is 0 Å². The molecule has 0 aromatic rings. The third-order valence-corrected chi connectivity index (χ3v) is 4.58. The summed E-state index contributed by atoms with van der Waals surface area (Å²) in [6.45, 7) is 5.75. The van der Waals surface area contributed by atoms with E-state index in [0.717, 1.165) is 18.4 Å². The van der Waals surface area contributed by atoms with Crippen LogP contribution >= 0.6 is 11.8 Å². The molecular formula is C11H20N2S. The highest BCUT2D eigenvalue weighted by molar-refractivity contribution is 8.13. The van der Waals surface area contributed by atoms with Crippen LogP contribution in [0.5, 0.6) is 0 Å². The maximum atomic E-state index is 4.52. The van der Waals surface area contributed by atoms with Crippen molar-refractivity contribution in [3.8, 4) is 0 Å². The Balaban J connectivity index is 1.88. The fraction of sp³-hybridized carbons (Fsp3) is 0.909. The first-order valence-corrected chi connectivity index (χ1v) is 6.69. The van der Waals surface area contributed by atoms with Crippen molar-refractivity contribution in [1.82, 2.24) is 5.32 Å². The largest absolute Gasteiger partial charge is 0.362 e. The summed E-state index contributed by atoms with van der Waals surface area (Å²) in [5, 5.41) is 4.81. The predicted molar refractivity (Wildman–Crippen MR) is 63.9 cm³/mol. The first-order valence-electron chi connectivity index (χ1n) is 5.71. The van der Waals surface area contributed by atoms with Crippen LogP contribution in [0.15, 0.2) is 4.99 Å². The van der Waals surface area contributed by atoms with Gasteiger partial charge < -0.3 is 5.32 Å². The summed E-state index contributed by atoms with van der Waals surface area (Å²) >= 11 is 1.89. The van der Waals surface area contributed by atoms with Gasteiger partial charge in [-0.1, -0.05) is 25.6 Å². The van der Waals surface area contributed by atoms with Crippen molar-refractivity contribution in [2.75, 3.05) is 12.3 Å². The van der Waals surface area contributed by atoms with Gasteiger partial charge in [-0.05, 0) is 31.1 Å². The highest BCUT2D eigenvalue weighted by Crippen LogP contribution is 2.31. The molecule has 3 unspecified atom stereocenters. The average molecular weight is 212 g/mol. The molecule has 2 rings (SSSR count). The third-order valence-electron chi connectivity index (χ3n) is 3.57. The molecule has 0 aromatic heterocycles. The van der Waals surface area contributed by atoms with Crippen molar-refractivity contribution in [2.45, 2.75) is 39.2 Å². The Hall–Kier alpha value is -0.180. The minimum Gasteiger partial charge on any atom is -0.362 e. The molecule has 3 atom stereocenters. The first-order chi connectivity index (χ1) is 6.77. The molecule has 1 saturated carbocycles. The van der Waals surface area contributed by atoms with Gasteiger partial charge in [0.05, 0.1) is 0 Å². The van der Waals surface area contributed by atoms with E-state index in [9.17, 15) is 0 Å². The molecule has 1 aliphatic carbocycles. The van der Waals surface area contributed by atoms with Gasteiger partial charge in [0.15, 0.2) is 5.17 Å². The summed E-state index contributed by atoms with van der Waals surface area (Å²) in [5.74, 6) is 2.92. The average Bonchev–Trinajstić information content (AvgIpc) is 2.52. The van der Waals surface area contributed by atoms with E-state index in [1.165, 1.54) is 30.2 Å². The van der Waals surface area contributed by atoms with Crippen LogP contribution in [0.2, 0.25) is 0 Å². The zero-order chi connectivity index (χ0) is 9.97. The third kappa shape index (κ3) is 2.25. The summed E-state index contributed by atoms with van der Waals surface area (Å²) in [6, 6.07) is 0.675. The van der Waals surface area contributed by atoms with Gasteiger partial charge in [0.2, 0.25) is 0 Å². The van der Waals surface area contributed by atoms with E-state index in [1.54, 1.807) is 0 Å². The highest BCUT2D eigenvalue weighted by atomic mass is 32.2. The van der Waals surface area contributed by atoms with Crippen molar-refractivity contribution < 1.29 is 0 Å². The number of rotatable bonds is 1. The van der Waals surface area contributed by atoms with Gasteiger partial charge in [0.25, 0.3) is 0 Å². The van der Waals surface area contributed by atoms with E-state index in [-0.39, 0.29) is 0 Å². The summed E-state index contributed by atoms with van der Waals surface area (Å²) in [6.07, 6.45) is 3.94. The lowest BCUT2D eigenvalue weighted by molar-refractivity contribution is 0.403. The number of hydrogen-bond acceptors (Lipinski definition) is 3. The van der Waals surface area contributed by atoms with Crippen molar-refractivity contribution in [3.63, 3.8) is 0 Å². The minimum absolute atomic E-state index is 0.675. The summed E-state index contributed by atoms with van der Waals surface area (Å²) in [7, 11) is 0. The van der Waals surface area contributed by atoms with Gasteiger partial charge in [-0.3, -0.25) is 4.99 Å². The van der Waals surface area contributed by atoms with Crippen LogP contribution in [0.25, 0.3) is 0 Å². The number of hydrogen-bond donors (Lipinski definition) is 1. The van der Waals surface area contributed by atoms with Crippen molar-refractivity contribution in [2.24, 2.45) is 16.8 Å². The van der Waals surface area contributed by atoms with Crippen LogP contribution in [0, 0.1) is 11.8 Å². The number of nitrogens with one attached hydrogen (secondary N) is 1. The monoisotopic (exact) mass is 212 g/mol. The van der Waals surface area contributed by atoms with Gasteiger partial charge in [-0.2, -0.15) is 0 Å². The maximum absolute atomic E-state index is 4.52.